The predicted octanol–water partition coefficient (Wildman–Crippen LogP) is 2.46. The third kappa shape index (κ3) is 2.37. The second kappa shape index (κ2) is 4.80. The fraction of sp³-hybridized carbons (Fsp3) is 0.429. The van der Waals surface area contributed by atoms with Crippen LogP contribution < -0.4 is 11.1 Å². The Kier molecular flexibility index (Phi) is 3.36. The van der Waals surface area contributed by atoms with Gasteiger partial charge in [0, 0.05) is 18.0 Å². The molecule has 1 aliphatic rings. The number of hydrogen-bond donors (Lipinski definition) is 2. The van der Waals surface area contributed by atoms with Gasteiger partial charge in [-0.2, -0.15) is 0 Å². The lowest BCUT2D eigenvalue weighted by atomic mass is 9.91. The number of nitrogen functional groups attached to an aromatic ring is 1. The number of carbonyl (C=O) groups excluding carboxylic acids is 2. The van der Waals surface area contributed by atoms with Gasteiger partial charge in [-0.05, 0) is 24.5 Å². The van der Waals surface area contributed by atoms with Crippen molar-refractivity contribution in [3.05, 3.63) is 23.8 Å². The van der Waals surface area contributed by atoms with Crippen molar-refractivity contribution < 1.29 is 9.59 Å². The summed E-state index contributed by atoms with van der Waals surface area (Å²) in [6.07, 6.45) is 0.955. The molecule has 18 heavy (non-hydrogen) atoms. The standard InChI is InChI=1S/C14H18N2O2/c1-8(2)6-9-7-12(17)13-10(15)4-3-5-11(13)16-14(9)18/h3-5,8-9H,6-7,15H2,1-2H3,(H,16,18)/t9-/m0/s1. The molecule has 0 saturated heterocycles. The maximum atomic E-state index is 12.2. The number of benzene rings is 1. The largest absolute Gasteiger partial charge is 0.398 e. The molecule has 0 unspecified atom stereocenters. The zero-order chi connectivity index (χ0) is 13.3. The average molecular weight is 246 g/mol. The number of hydrogen-bond acceptors (Lipinski definition) is 3. The zero-order valence-electron chi connectivity index (χ0n) is 10.7. The van der Waals surface area contributed by atoms with Crippen LogP contribution in [0.15, 0.2) is 18.2 Å². The Morgan fingerprint density at radius 1 is 1.39 bits per heavy atom. The number of amides is 1. The van der Waals surface area contributed by atoms with Gasteiger partial charge in [-0.15, -0.1) is 0 Å². The van der Waals surface area contributed by atoms with E-state index in [0.717, 1.165) is 0 Å². The first-order valence-electron chi connectivity index (χ1n) is 6.21. The molecule has 0 spiro atoms. The first-order valence-corrected chi connectivity index (χ1v) is 6.21. The van der Waals surface area contributed by atoms with Crippen molar-refractivity contribution in [2.45, 2.75) is 26.7 Å². The molecule has 1 atom stereocenters. The molecule has 4 heteroatoms. The van der Waals surface area contributed by atoms with E-state index in [9.17, 15) is 9.59 Å². The van der Waals surface area contributed by atoms with E-state index in [4.69, 9.17) is 5.73 Å². The van der Waals surface area contributed by atoms with E-state index < -0.39 is 0 Å². The van der Waals surface area contributed by atoms with Gasteiger partial charge in [0.1, 0.15) is 0 Å². The summed E-state index contributed by atoms with van der Waals surface area (Å²) in [5.74, 6) is -0.00934. The number of nitrogens with one attached hydrogen (secondary N) is 1. The minimum atomic E-state index is -0.260. The quantitative estimate of drug-likeness (QED) is 0.787. The van der Waals surface area contributed by atoms with Crippen molar-refractivity contribution in [3.8, 4) is 0 Å². The van der Waals surface area contributed by atoms with Gasteiger partial charge in [0.2, 0.25) is 5.91 Å². The summed E-state index contributed by atoms with van der Waals surface area (Å²) in [7, 11) is 0. The lowest BCUT2D eigenvalue weighted by Gasteiger charge is -2.14. The summed E-state index contributed by atoms with van der Waals surface area (Å²) < 4.78 is 0. The van der Waals surface area contributed by atoms with E-state index in [0.29, 0.717) is 29.3 Å². The Hall–Kier alpha value is -1.84. The topological polar surface area (TPSA) is 72.2 Å². The van der Waals surface area contributed by atoms with E-state index in [1.165, 1.54) is 0 Å². The second-order valence-electron chi connectivity index (χ2n) is 5.21. The van der Waals surface area contributed by atoms with Gasteiger partial charge < -0.3 is 11.1 Å². The van der Waals surface area contributed by atoms with Crippen LogP contribution in [-0.4, -0.2) is 11.7 Å². The highest BCUT2D eigenvalue weighted by molar-refractivity contribution is 6.12. The molecule has 0 fully saturated rings. The fourth-order valence-corrected chi connectivity index (χ4v) is 2.40. The second-order valence-corrected chi connectivity index (χ2v) is 5.21. The molecular formula is C14H18N2O2. The van der Waals surface area contributed by atoms with Crippen LogP contribution >= 0.6 is 0 Å². The number of Topliss-reactive ketones (excluding diaryl/α,β-unsaturated/α-hetero) is 1. The number of nitrogens with two attached hydrogens (primary N) is 1. The summed E-state index contributed by atoms with van der Waals surface area (Å²) >= 11 is 0. The molecule has 1 heterocycles. The number of ketones is 1. The van der Waals surface area contributed by atoms with Crippen molar-refractivity contribution in [2.75, 3.05) is 11.1 Å². The van der Waals surface area contributed by atoms with Gasteiger partial charge in [0.05, 0.1) is 11.3 Å². The highest BCUT2D eigenvalue weighted by Gasteiger charge is 2.30. The van der Waals surface area contributed by atoms with E-state index >= 15 is 0 Å². The zero-order valence-corrected chi connectivity index (χ0v) is 10.7. The first kappa shape index (κ1) is 12.6. The van der Waals surface area contributed by atoms with E-state index in [1.807, 2.05) is 13.8 Å². The molecule has 1 aliphatic heterocycles. The normalized spacial score (nSPS) is 19.4. The molecule has 3 N–H and O–H groups in total. The Labute approximate surface area is 107 Å². The summed E-state index contributed by atoms with van der Waals surface area (Å²) in [6, 6.07) is 5.15. The van der Waals surface area contributed by atoms with Gasteiger partial charge in [-0.25, -0.2) is 0 Å². The summed E-state index contributed by atoms with van der Waals surface area (Å²) in [6.45, 7) is 4.09. The van der Waals surface area contributed by atoms with Crippen LogP contribution in [0.25, 0.3) is 0 Å². The fourth-order valence-electron chi connectivity index (χ4n) is 2.40. The smallest absolute Gasteiger partial charge is 0.227 e. The third-order valence-corrected chi connectivity index (χ3v) is 3.19. The van der Waals surface area contributed by atoms with Gasteiger partial charge in [-0.3, -0.25) is 9.59 Å². The summed E-state index contributed by atoms with van der Waals surface area (Å²) in [5, 5.41) is 2.81. The number of anilines is 2. The van der Waals surface area contributed by atoms with Gasteiger partial charge >= 0.3 is 0 Å². The molecule has 1 aromatic rings. The lowest BCUT2D eigenvalue weighted by Crippen LogP contribution is -2.23. The Bertz CT molecular complexity index is 495. The molecular weight excluding hydrogens is 228 g/mol. The monoisotopic (exact) mass is 246 g/mol. The molecule has 0 aliphatic carbocycles. The third-order valence-electron chi connectivity index (χ3n) is 3.19. The lowest BCUT2D eigenvalue weighted by molar-refractivity contribution is -0.120. The highest BCUT2D eigenvalue weighted by Crippen LogP contribution is 2.30. The van der Waals surface area contributed by atoms with Crippen molar-refractivity contribution >= 4 is 23.1 Å². The molecule has 0 saturated carbocycles. The van der Waals surface area contributed by atoms with Gasteiger partial charge in [0.25, 0.3) is 0 Å². The van der Waals surface area contributed by atoms with E-state index in [2.05, 4.69) is 5.32 Å². The molecule has 2 rings (SSSR count). The minimum Gasteiger partial charge on any atom is -0.398 e. The molecule has 1 amide bonds. The number of rotatable bonds is 2. The molecule has 0 aromatic heterocycles. The molecule has 1 aromatic carbocycles. The van der Waals surface area contributed by atoms with Crippen molar-refractivity contribution in [3.63, 3.8) is 0 Å². The van der Waals surface area contributed by atoms with Gasteiger partial charge in [-0.1, -0.05) is 19.9 Å². The number of carbonyl (C=O) groups is 2. The van der Waals surface area contributed by atoms with E-state index in [-0.39, 0.29) is 24.0 Å². The number of fused-ring (bicyclic) bond motifs is 1. The molecule has 0 bridgehead atoms. The van der Waals surface area contributed by atoms with Crippen LogP contribution in [0.1, 0.15) is 37.0 Å². The van der Waals surface area contributed by atoms with Crippen LogP contribution in [0, 0.1) is 11.8 Å². The van der Waals surface area contributed by atoms with Crippen molar-refractivity contribution in [1.82, 2.24) is 0 Å². The Balaban J connectivity index is 2.35. The van der Waals surface area contributed by atoms with Crippen molar-refractivity contribution in [2.24, 2.45) is 11.8 Å². The summed E-state index contributed by atoms with van der Waals surface area (Å²) in [4.78, 5) is 24.3. The maximum absolute atomic E-state index is 12.2. The Morgan fingerprint density at radius 3 is 2.78 bits per heavy atom. The van der Waals surface area contributed by atoms with Crippen LogP contribution in [0.2, 0.25) is 0 Å². The molecule has 0 radical (unpaired) electrons. The molecule has 4 nitrogen and oxygen atoms in total. The van der Waals surface area contributed by atoms with Crippen LogP contribution in [-0.2, 0) is 4.79 Å². The summed E-state index contributed by atoms with van der Waals surface area (Å²) in [5.41, 5.74) is 7.25. The maximum Gasteiger partial charge on any atom is 0.227 e. The Morgan fingerprint density at radius 2 is 2.11 bits per heavy atom. The highest BCUT2D eigenvalue weighted by atomic mass is 16.2. The van der Waals surface area contributed by atoms with Crippen LogP contribution in [0.4, 0.5) is 11.4 Å². The molecule has 96 valence electrons. The van der Waals surface area contributed by atoms with Crippen LogP contribution in [0.3, 0.4) is 0 Å². The van der Waals surface area contributed by atoms with Crippen LogP contribution in [0.5, 0.6) is 0 Å². The first-order chi connectivity index (χ1) is 8.49. The minimum absolute atomic E-state index is 0.0490. The SMILES string of the molecule is CC(C)C[C@H]1CC(=O)c2c(N)cccc2NC1=O. The average Bonchev–Trinajstić information content (AvgIpc) is 2.37. The van der Waals surface area contributed by atoms with E-state index in [1.54, 1.807) is 18.2 Å². The van der Waals surface area contributed by atoms with Gasteiger partial charge in [0.15, 0.2) is 5.78 Å². The predicted molar refractivity (Wildman–Crippen MR) is 71.4 cm³/mol. The van der Waals surface area contributed by atoms with Crippen molar-refractivity contribution in [1.29, 1.82) is 0 Å².